The molecule has 1 fully saturated rings. The molecule has 6 heteroatoms. The number of aromatic nitrogens is 1. The minimum absolute atomic E-state index is 0.0110. The third-order valence-electron chi connectivity index (χ3n) is 3.59. The largest absolute Gasteiger partial charge is 0.405 e. The van der Waals surface area contributed by atoms with Crippen molar-refractivity contribution in [2.75, 3.05) is 18.0 Å². The molecule has 1 atom stereocenters. The average molecular weight is 301 g/mol. The second-order valence-corrected chi connectivity index (χ2v) is 5.57. The Morgan fingerprint density at radius 2 is 2.14 bits per heavy atom. The van der Waals surface area contributed by atoms with E-state index in [-0.39, 0.29) is 12.1 Å². The lowest BCUT2D eigenvalue weighted by atomic mass is 10.1. The fourth-order valence-electron chi connectivity index (χ4n) is 2.41. The number of alkyl halides is 3. The lowest BCUT2D eigenvalue weighted by Crippen LogP contribution is -2.37. The normalized spacial score (nSPS) is 16.8. The Balaban J connectivity index is 2.23. The van der Waals surface area contributed by atoms with Crippen LogP contribution in [0.25, 0.3) is 0 Å². The molecule has 0 bridgehead atoms. The molecule has 2 rings (SSSR count). The summed E-state index contributed by atoms with van der Waals surface area (Å²) in [5.41, 5.74) is 0.835. The zero-order chi connectivity index (χ0) is 15.5. The molecule has 0 aromatic carbocycles. The molecule has 0 spiro atoms. The molecule has 1 N–H and O–H groups in total. The van der Waals surface area contributed by atoms with Crippen molar-refractivity contribution in [2.24, 2.45) is 0 Å². The number of hydrogen-bond donors (Lipinski definition) is 1. The first-order chi connectivity index (χ1) is 9.92. The van der Waals surface area contributed by atoms with E-state index in [9.17, 15) is 13.2 Å². The van der Waals surface area contributed by atoms with Gasteiger partial charge in [0.05, 0.1) is 0 Å². The number of rotatable bonds is 7. The van der Waals surface area contributed by atoms with Gasteiger partial charge in [-0.2, -0.15) is 13.2 Å². The summed E-state index contributed by atoms with van der Waals surface area (Å²) in [6, 6.07) is 3.60. The van der Waals surface area contributed by atoms with Crippen LogP contribution in [-0.4, -0.2) is 30.3 Å². The predicted octanol–water partition coefficient (Wildman–Crippen LogP) is 3.67. The van der Waals surface area contributed by atoms with Crippen LogP contribution in [0.1, 0.15) is 44.7 Å². The topological polar surface area (TPSA) is 28.2 Å². The minimum Gasteiger partial charge on any atom is -0.344 e. The van der Waals surface area contributed by atoms with Crippen molar-refractivity contribution in [3.05, 3.63) is 23.9 Å². The Morgan fingerprint density at radius 1 is 1.43 bits per heavy atom. The van der Waals surface area contributed by atoms with Crippen LogP contribution < -0.4 is 10.2 Å². The third kappa shape index (κ3) is 4.59. The van der Waals surface area contributed by atoms with Crippen molar-refractivity contribution in [3.8, 4) is 0 Å². The minimum atomic E-state index is -4.21. The van der Waals surface area contributed by atoms with Gasteiger partial charge in [-0.05, 0) is 38.8 Å². The van der Waals surface area contributed by atoms with Crippen LogP contribution in [0.5, 0.6) is 0 Å². The van der Waals surface area contributed by atoms with E-state index in [2.05, 4.69) is 17.2 Å². The van der Waals surface area contributed by atoms with Crippen molar-refractivity contribution in [1.82, 2.24) is 10.3 Å². The maximum Gasteiger partial charge on any atom is 0.405 e. The van der Waals surface area contributed by atoms with E-state index in [1.54, 1.807) is 12.3 Å². The molecule has 1 aliphatic carbocycles. The van der Waals surface area contributed by atoms with Crippen LogP contribution in [0.3, 0.4) is 0 Å². The SMILES string of the molecule is CCCNC(C)c1cccnc1N(CC(F)(F)F)C1CC1. The van der Waals surface area contributed by atoms with Gasteiger partial charge in [-0.25, -0.2) is 4.98 Å². The van der Waals surface area contributed by atoms with Gasteiger partial charge in [0.25, 0.3) is 0 Å². The van der Waals surface area contributed by atoms with Crippen molar-refractivity contribution in [3.63, 3.8) is 0 Å². The summed E-state index contributed by atoms with van der Waals surface area (Å²) in [6.07, 6.45) is -0.0465. The second kappa shape index (κ2) is 6.64. The zero-order valence-corrected chi connectivity index (χ0v) is 12.5. The highest BCUT2D eigenvalue weighted by Crippen LogP contribution is 2.36. The lowest BCUT2D eigenvalue weighted by molar-refractivity contribution is -0.120. The fraction of sp³-hybridized carbons (Fsp3) is 0.667. The molecule has 0 radical (unpaired) electrons. The van der Waals surface area contributed by atoms with Gasteiger partial charge in [0.1, 0.15) is 12.4 Å². The fourth-order valence-corrected chi connectivity index (χ4v) is 2.41. The number of hydrogen-bond acceptors (Lipinski definition) is 3. The van der Waals surface area contributed by atoms with Crippen LogP contribution in [0.15, 0.2) is 18.3 Å². The third-order valence-corrected chi connectivity index (χ3v) is 3.59. The molecule has 1 saturated carbocycles. The molecular formula is C15H22F3N3. The van der Waals surface area contributed by atoms with Gasteiger partial charge in [-0.15, -0.1) is 0 Å². The van der Waals surface area contributed by atoms with Gasteiger partial charge >= 0.3 is 6.18 Å². The Bertz CT molecular complexity index is 458. The number of nitrogens with one attached hydrogen (secondary N) is 1. The van der Waals surface area contributed by atoms with E-state index >= 15 is 0 Å². The molecule has 3 nitrogen and oxygen atoms in total. The van der Waals surface area contributed by atoms with Gasteiger partial charge < -0.3 is 10.2 Å². The molecule has 1 unspecified atom stereocenters. The summed E-state index contributed by atoms with van der Waals surface area (Å²) in [5, 5.41) is 3.32. The van der Waals surface area contributed by atoms with Crippen LogP contribution in [0.4, 0.5) is 19.0 Å². The van der Waals surface area contributed by atoms with E-state index in [0.29, 0.717) is 5.82 Å². The molecule has 1 heterocycles. The number of pyridine rings is 1. The number of halogens is 3. The Labute approximate surface area is 123 Å². The predicted molar refractivity (Wildman–Crippen MR) is 77.4 cm³/mol. The van der Waals surface area contributed by atoms with E-state index in [1.807, 2.05) is 13.0 Å². The van der Waals surface area contributed by atoms with Crippen LogP contribution in [-0.2, 0) is 0 Å². The van der Waals surface area contributed by atoms with Crippen LogP contribution in [0, 0.1) is 0 Å². The first kappa shape index (κ1) is 16.1. The number of nitrogens with zero attached hydrogens (tertiary/aromatic N) is 2. The van der Waals surface area contributed by atoms with E-state index < -0.39 is 12.7 Å². The van der Waals surface area contributed by atoms with Crippen molar-refractivity contribution in [1.29, 1.82) is 0 Å². The Hall–Kier alpha value is -1.30. The maximum absolute atomic E-state index is 12.8. The molecular weight excluding hydrogens is 279 g/mol. The summed E-state index contributed by atoms with van der Waals surface area (Å²) < 4.78 is 38.5. The summed E-state index contributed by atoms with van der Waals surface area (Å²) in [4.78, 5) is 5.66. The first-order valence-corrected chi connectivity index (χ1v) is 7.44. The highest BCUT2D eigenvalue weighted by molar-refractivity contribution is 5.50. The standard InChI is InChI=1S/C15H22F3N3/c1-3-8-19-11(2)13-5-4-9-20-14(13)21(12-6-7-12)10-15(16,17)18/h4-5,9,11-12,19H,3,6-8,10H2,1-2H3. The molecule has 118 valence electrons. The Morgan fingerprint density at radius 3 is 2.71 bits per heavy atom. The van der Waals surface area contributed by atoms with Gasteiger partial charge in [-0.3, -0.25) is 0 Å². The highest BCUT2D eigenvalue weighted by Gasteiger charge is 2.39. The quantitative estimate of drug-likeness (QED) is 0.833. The van der Waals surface area contributed by atoms with Gasteiger partial charge in [0.15, 0.2) is 0 Å². The first-order valence-electron chi connectivity index (χ1n) is 7.44. The molecule has 0 amide bonds. The average Bonchev–Trinajstić information content (AvgIpc) is 3.26. The molecule has 21 heavy (non-hydrogen) atoms. The van der Waals surface area contributed by atoms with E-state index in [4.69, 9.17) is 0 Å². The van der Waals surface area contributed by atoms with Crippen molar-refractivity contribution < 1.29 is 13.2 Å². The van der Waals surface area contributed by atoms with Gasteiger partial charge in [-0.1, -0.05) is 13.0 Å². The summed E-state index contributed by atoms with van der Waals surface area (Å²) in [5.74, 6) is 0.466. The molecule has 0 aliphatic heterocycles. The summed E-state index contributed by atoms with van der Waals surface area (Å²) in [7, 11) is 0. The Kier molecular flexibility index (Phi) is 5.08. The summed E-state index contributed by atoms with van der Waals surface area (Å²) >= 11 is 0. The molecule has 0 saturated heterocycles. The lowest BCUT2D eigenvalue weighted by Gasteiger charge is -2.28. The van der Waals surface area contributed by atoms with Crippen LogP contribution in [0.2, 0.25) is 0 Å². The van der Waals surface area contributed by atoms with Gasteiger partial charge in [0, 0.05) is 23.8 Å². The highest BCUT2D eigenvalue weighted by atomic mass is 19.4. The van der Waals surface area contributed by atoms with Crippen LogP contribution >= 0.6 is 0 Å². The zero-order valence-electron chi connectivity index (χ0n) is 12.5. The molecule has 1 aliphatic rings. The second-order valence-electron chi connectivity index (χ2n) is 5.57. The van der Waals surface area contributed by atoms with Crippen molar-refractivity contribution in [2.45, 2.75) is 51.4 Å². The maximum atomic E-state index is 12.8. The molecule has 1 aromatic rings. The smallest absolute Gasteiger partial charge is 0.344 e. The number of anilines is 1. The van der Waals surface area contributed by atoms with Gasteiger partial charge in [0.2, 0.25) is 0 Å². The van der Waals surface area contributed by atoms with E-state index in [0.717, 1.165) is 31.4 Å². The molecule has 1 aromatic heterocycles. The van der Waals surface area contributed by atoms with E-state index in [1.165, 1.54) is 4.90 Å². The summed E-state index contributed by atoms with van der Waals surface area (Å²) in [6.45, 7) is 3.93. The van der Waals surface area contributed by atoms with Crippen molar-refractivity contribution >= 4 is 5.82 Å². The monoisotopic (exact) mass is 301 g/mol.